The maximum atomic E-state index is 11.7. The molecule has 2 rings (SSSR count). The molecular formula is C17H19ClN2O3. The summed E-state index contributed by atoms with van der Waals surface area (Å²) in [6.07, 6.45) is 0.669. The van der Waals surface area contributed by atoms with Gasteiger partial charge in [-0.15, -0.1) is 0 Å². The summed E-state index contributed by atoms with van der Waals surface area (Å²) >= 11 is 5.81. The number of benzene rings is 2. The van der Waals surface area contributed by atoms with Crippen LogP contribution in [0.1, 0.15) is 12.0 Å². The molecule has 0 saturated heterocycles. The number of carbonyl (C=O) groups is 1. The lowest BCUT2D eigenvalue weighted by Crippen LogP contribution is -2.30. The second kappa shape index (κ2) is 8.29. The number of anilines is 1. The predicted molar refractivity (Wildman–Crippen MR) is 91.4 cm³/mol. The fourth-order valence-electron chi connectivity index (χ4n) is 1.87. The number of hydrogen-bond acceptors (Lipinski definition) is 3. The summed E-state index contributed by atoms with van der Waals surface area (Å²) in [6, 6.07) is 11.8. The number of phenols is 1. The average Bonchev–Trinajstić information content (AvgIpc) is 2.52. The van der Waals surface area contributed by atoms with Gasteiger partial charge in [0.15, 0.2) is 0 Å². The molecule has 0 radical (unpaired) electrons. The fraction of sp³-hybridized carbons (Fsp3) is 0.235. The van der Waals surface area contributed by atoms with Gasteiger partial charge in [0, 0.05) is 11.6 Å². The van der Waals surface area contributed by atoms with Gasteiger partial charge in [-0.2, -0.15) is 0 Å². The lowest BCUT2D eigenvalue weighted by molar-refractivity contribution is 0.250. The van der Waals surface area contributed by atoms with Crippen molar-refractivity contribution in [2.45, 2.75) is 13.3 Å². The van der Waals surface area contributed by atoms with E-state index in [-0.39, 0.29) is 11.4 Å². The summed E-state index contributed by atoms with van der Waals surface area (Å²) in [4.78, 5) is 11.7. The molecule has 6 heteroatoms. The van der Waals surface area contributed by atoms with E-state index in [4.69, 9.17) is 16.3 Å². The number of halogens is 1. The monoisotopic (exact) mass is 334 g/mol. The highest BCUT2D eigenvalue weighted by atomic mass is 35.5. The summed E-state index contributed by atoms with van der Waals surface area (Å²) in [5.74, 6) is 0.774. The maximum absolute atomic E-state index is 11.7. The molecule has 5 nitrogen and oxygen atoms in total. The lowest BCUT2D eigenvalue weighted by atomic mass is 10.2. The number of rotatable bonds is 6. The van der Waals surface area contributed by atoms with Crippen molar-refractivity contribution in [1.29, 1.82) is 0 Å². The van der Waals surface area contributed by atoms with E-state index in [1.165, 1.54) is 17.7 Å². The number of aromatic hydroxyl groups is 1. The third-order valence-corrected chi connectivity index (χ3v) is 3.34. The van der Waals surface area contributed by atoms with Gasteiger partial charge in [0.2, 0.25) is 0 Å². The Morgan fingerprint density at radius 3 is 2.70 bits per heavy atom. The molecule has 0 fully saturated rings. The zero-order valence-electron chi connectivity index (χ0n) is 12.8. The molecular weight excluding hydrogens is 316 g/mol. The Labute approximate surface area is 140 Å². The van der Waals surface area contributed by atoms with Crippen molar-refractivity contribution in [2.24, 2.45) is 0 Å². The van der Waals surface area contributed by atoms with E-state index in [0.29, 0.717) is 24.6 Å². The highest BCUT2D eigenvalue weighted by Crippen LogP contribution is 2.26. The van der Waals surface area contributed by atoms with Crippen LogP contribution in [0.5, 0.6) is 11.5 Å². The van der Waals surface area contributed by atoms with Crippen LogP contribution in [0.4, 0.5) is 10.5 Å². The zero-order valence-corrected chi connectivity index (χ0v) is 13.6. The van der Waals surface area contributed by atoms with Crippen LogP contribution in [0.2, 0.25) is 5.02 Å². The standard InChI is InChI=1S/C17H19ClN2O3/c1-12-3-6-14(7-4-12)23-10-2-9-19-17(22)20-15-11-13(18)5-8-16(15)21/h3-8,11,21H,2,9-10H2,1H3,(H2,19,20,22). The minimum absolute atomic E-state index is 0.0349. The Morgan fingerprint density at radius 2 is 1.96 bits per heavy atom. The summed E-state index contributed by atoms with van der Waals surface area (Å²) in [5, 5.41) is 15.3. The van der Waals surface area contributed by atoms with E-state index < -0.39 is 6.03 Å². The predicted octanol–water partition coefficient (Wildman–Crippen LogP) is 3.94. The van der Waals surface area contributed by atoms with Crippen LogP contribution in [0, 0.1) is 6.92 Å². The van der Waals surface area contributed by atoms with Crippen LogP contribution in [0.3, 0.4) is 0 Å². The molecule has 2 aromatic rings. The van der Waals surface area contributed by atoms with E-state index >= 15 is 0 Å². The largest absolute Gasteiger partial charge is 0.506 e. The fourth-order valence-corrected chi connectivity index (χ4v) is 2.05. The van der Waals surface area contributed by atoms with E-state index in [1.54, 1.807) is 6.07 Å². The van der Waals surface area contributed by atoms with Crippen LogP contribution in [-0.2, 0) is 0 Å². The first-order valence-corrected chi connectivity index (χ1v) is 7.65. The molecule has 0 bridgehead atoms. The molecule has 0 atom stereocenters. The molecule has 23 heavy (non-hydrogen) atoms. The molecule has 122 valence electrons. The molecule has 2 amide bonds. The van der Waals surface area contributed by atoms with Crippen molar-refractivity contribution in [3.05, 3.63) is 53.1 Å². The number of aryl methyl sites for hydroxylation is 1. The lowest BCUT2D eigenvalue weighted by Gasteiger charge is -2.10. The van der Waals surface area contributed by atoms with Crippen molar-refractivity contribution >= 4 is 23.3 Å². The number of ether oxygens (including phenoxy) is 1. The van der Waals surface area contributed by atoms with Crippen molar-refractivity contribution in [3.8, 4) is 11.5 Å². The maximum Gasteiger partial charge on any atom is 0.319 e. The van der Waals surface area contributed by atoms with Crippen molar-refractivity contribution < 1.29 is 14.6 Å². The highest BCUT2D eigenvalue weighted by molar-refractivity contribution is 6.31. The first kappa shape index (κ1) is 17.0. The molecule has 0 saturated carbocycles. The second-order valence-corrected chi connectivity index (χ2v) is 5.49. The third-order valence-electron chi connectivity index (χ3n) is 3.10. The summed E-state index contributed by atoms with van der Waals surface area (Å²) in [7, 11) is 0. The van der Waals surface area contributed by atoms with Gasteiger partial charge in [-0.1, -0.05) is 29.3 Å². The van der Waals surface area contributed by atoms with Crippen LogP contribution in [0.15, 0.2) is 42.5 Å². The van der Waals surface area contributed by atoms with Crippen molar-refractivity contribution in [2.75, 3.05) is 18.5 Å². The molecule has 2 aromatic carbocycles. The smallest absolute Gasteiger partial charge is 0.319 e. The van der Waals surface area contributed by atoms with Crippen molar-refractivity contribution in [1.82, 2.24) is 5.32 Å². The van der Waals surface area contributed by atoms with Gasteiger partial charge < -0.3 is 20.5 Å². The topological polar surface area (TPSA) is 70.6 Å². The molecule has 0 unspecified atom stereocenters. The second-order valence-electron chi connectivity index (χ2n) is 5.06. The average molecular weight is 335 g/mol. The number of nitrogens with one attached hydrogen (secondary N) is 2. The van der Waals surface area contributed by atoms with Gasteiger partial charge in [-0.25, -0.2) is 4.79 Å². The van der Waals surface area contributed by atoms with E-state index in [1.807, 2.05) is 31.2 Å². The van der Waals surface area contributed by atoms with Crippen LogP contribution >= 0.6 is 11.6 Å². The SMILES string of the molecule is Cc1ccc(OCCCNC(=O)Nc2cc(Cl)ccc2O)cc1. The van der Waals surface area contributed by atoms with Crippen molar-refractivity contribution in [3.63, 3.8) is 0 Å². The van der Waals surface area contributed by atoms with Crippen LogP contribution < -0.4 is 15.4 Å². The van der Waals surface area contributed by atoms with E-state index in [0.717, 1.165) is 5.75 Å². The van der Waals surface area contributed by atoms with Gasteiger partial charge >= 0.3 is 6.03 Å². The van der Waals surface area contributed by atoms with Crippen LogP contribution in [0.25, 0.3) is 0 Å². The molecule has 0 spiro atoms. The minimum Gasteiger partial charge on any atom is -0.506 e. The quantitative estimate of drug-likeness (QED) is 0.553. The molecule has 0 aliphatic rings. The Morgan fingerprint density at radius 1 is 1.22 bits per heavy atom. The Kier molecular flexibility index (Phi) is 6.11. The number of amides is 2. The van der Waals surface area contributed by atoms with Gasteiger partial charge in [-0.3, -0.25) is 0 Å². The van der Waals surface area contributed by atoms with E-state index in [9.17, 15) is 9.90 Å². The number of carbonyl (C=O) groups excluding carboxylic acids is 1. The van der Waals surface area contributed by atoms with Gasteiger partial charge in [0.25, 0.3) is 0 Å². The van der Waals surface area contributed by atoms with Gasteiger partial charge in [-0.05, 0) is 43.7 Å². The van der Waals surface area contributed by atoms with Crippen LogP contribution in [-0.4, -0.2) is 24.3 Å². The Hall–Kier alpha value is -2.40. The van der Waals surface area contributed by atoms with Gasteiger partial charge in [0.1, 0.15) is 11.5 Å². The molecule has 0 aliphatic heterocycles. The summed E-state index contributed by atoms with van der Waals surface area (Å²) in [5.41, 5.74) is 1.45. The Balaban J connectivity index is 1.67. The molecule has 0 aromatic heterocycles. The number of hydrogen-bond donors (Lipinski definition) is 3. The van der Waals surface area contributed by atoms with Gasteiger partial charge in [0.05, 0.1) is 12.3 Å². The third kappa shape index (κ3) is 5.71. The normalized spacial score (nSPS) is 10.2. The molecule has 0 aliphatic carbocycles. The van der Waals surface area contributed by atoms with E-state index in [2.05, 4.69) is 10.6 Å². The first-order chi connectivity index (χ1) is 11.0. The molecule has 3 N–H and O–H groups in total. The highest BCUT2D eigenvalue weighted by Gasteiger charge is 2.06. The molecule has 0 heterocycles. The summed E-state index contributed by atoms with van der Waals surface area (Å²) in [6.45, 7) is 2.98. The first-order valence-electron chi connectivity index (χ1n) is 7.27. The minimum atomic E-state index is -0.405. The Bertz CT molecular complexity index is 659. The zero-order chi connectivity index (χ0) is 16.7. The number of phenolic OH excluding ortho intramolecular Hbond substituents is 1. The number of urea groups is 1. The summed E-state index contributed by atoms with van der Waals surface area (Å²) < 4.78 is 5.57.